The van der Waals surface area contributed by atoms with Crippen LogP contribution >= 0.6 is 0 Å². The largest absolute Gasteiger partial charge is 0.493 e. The van der Waals surface area contributed by atoms with Crippen LogP contribution in [0.1, 0.15) is 22.9 Å². The van der Waals surface area contributed by atoms with Crippen LogP contribution in [-0.4, -0.2) is 44.5 Å². The van der Waals surface area contributed by atoms with E-state index in [-0.39, 0.29) is 16.4 Å². The number of benzene rings is 3. The maximum Gasteiger partial charge on any atom is 0.268 e. The Morgan fingerprint density at radius 2 is 1.85 bits per heavy atom. The van der Waals surface area contributed by atoms with Crippen molar-refractivity contribution in [3.05, 3.63) is 83.7 Å². The molecule has 0 saturated carbocycles. The normalized spacial score (nSPS) is 13.8. The standard InChI is InChI=1S/C29H26N4O5S/c1-32-24-11-7-5-9-22(24)31-29(32)21(18-30)25(34)13-12-19-16-26(37-2)28(38-3)27(17-19)39(35,36)33-15-14-20-8-4-6-10-23(20)33/h4-13,16-17,21H,14-15H2,1-3H3. The monoisotopic (exact) mass is 542 g/mol. The average Bonchev–Trinajstić information content (AvgIpc) is 3.54. The van der Waals surface area contributed by atoms with Crippen LogP contribution in [0.4, 0.5) is 5.69 Å². The lowest BCUT2D eigenvalue weighted by atomic mass is 10.0. The van der Waals surface area contributed by atoms with Crippen molar-refractivity contribution in [1.29, 1.82) is 5.26 Å². The second-order valence-corrected chi connectivity index (χ2v) is 10.9. The molecule has 3 aromatic carbocycles. The van der Waals surface area contributed by atoms with Crippen molar-refractivity contribution in [2.45, 2.75) is 17.2 Å². The number of fused-ring (bicyclic) bond motifs is 2. The minimum absolute atomic E-state index is 0.0694. The van der Waals surface area contributed by atoms with Gasteiger partial charge in [0.05, 0.1) is 37.0 Å². The summed E-state index contributed by atoms with van der Waals surface area (Å²) in [6.45, 7) is 0.299. The molecular weight excluding hydrogens is 516 g/mol. The summed E-state index contributed by atoms with van der Waals surface area (Å²) in [6.07, 6.45) is 3.32. The molecule has 1 atom stereocenters. The van der Waals surface area contributed by atoms with E-state index in [0.29, 0.717) is 35.6 Å². The summed E-state index contributed by atoms with van der Waals surface area (Å²) in [5, 5.41) is 9.82. The number of ketones is 1. The first-order valence-corrected chi connectivity index (χ1v) is 13.6. The minimum atomic E-state index is -4.03. The number of aromatic nitrogens is 2. The van der Waals surface area contributed by atoms with E-state index in [9.17, 15) is 18.5 Å². The van der Waals surface area contributed by atoms with Crippen LogP contribution in [0.2, 0.25) is 0 Å². The topological polar surface area (TPSA) is 115 Å². The Morgan fingerprint density at radius 3 is 2.56 bits per heavy atom. The van der Waals surface area contributed by atoms with Gasteiger partial charge in [0, 0.05) is 13.6 Å². The first kappa shape index (κ1) is 26.0. The van der Waals surface area contributed by atoms with Crippen LogP contribution < -0.4 is 13.8 Å². The van der Waals surface area contributed by atoms with Crippen LogP contribution in [0, 0.1) is 11.3 Å². The van der Waals surface area contributed by atoms with Gasteiger partial charge in [-0.25, -0.2) is 13.4 Å². The number of sulfonamides is 1. The molecule has 10 heteroatoms. The molecule has 0 spiro atoms. The molecule has 1 unspecified atom stereocenters. The van der Waals surface area contributed by atoms with Crippen molar-refractivity contribution in [2.24, 2.45) is 7.05 Å². The number of ether oxygens (including phenoxy) is 2. The first-order valence-electron chi connectivity index (χ1n) is 12.2. The van der Waals surface area contributed by atoms with E-state index < -0.39 is 21.7 Å². The third kappa shape index (κ3) is 4.51. The molecule has 5 rings (SSSR count). The molecule has 1 aromatic heterocycles. The van der Waals surface area contributed by atoms with Gasteiger partial charge in [0.15, 0.2) is 23.2 Å². The van der Waals surface area contributed by atoms with E-state index in [4.69, 9.17) is 9.47 Å². The number of methoxy groups -OCH3 is 2. The number of carbonyl (C=O) groups excluding carboxylic acids is 1. The van der Waals surface area contributed by atoms with Gasteiger partial charge in [-0.15, -0.1) is 0 Å². The summed E-state index contributed by atoms with van der Waals surface area (Å²) in [4.78, 5) is 17.5. The first-order chi connectivity index (χ1) is 18.8. The summed E-state index contributed by atoms with van der Waals surface area (Å²) in [6, 6.07) is 19.8. The predicted molar refractivity (Wildman–Crippen MR) is 147 cm³/mol. The number of nitrogens with zero attached hydrogens (tertiary/aromatic N) is 4. The fourth-order valence-corrected chi connectivity index (χ4v) is 6.57. The van der Waals surface area contributed by atoms with E-state index in [1.54, 1.807) is 29.8 Å². The van der Waals surface area contributed by atoms with E-state index in [0.717, 1.165) is 11.1 Å². The summed E-state index contributed by atoms with van der Waals surface area (Å²) >= 11 is 0. The third-order valence-electron chi connectivity index (χ3n) is 6.81. The van der Waals surface area contributed by atoms with E-state index in [2.05, 4.69) is 4.98 Å². The maximum absolute atomic E-state index is 13.8. The van der Waals surface area contributed by atoms with E-state index in [1.165, 1.54) is 36.7 Å². The summed E-state index contributed by atoms with van der Waals surface area (Å²) < 4.78 is 41.7. The van der Waals surface area contributed by atoms with Crippen molar-refractivity contribution in [1.82, 2.24) is 9.55 Å². The van der Waals surface area contributed by atoms with Gasteiger partial charge in [0.25, 0.3) is 10.0 Å². The number of aryl methyl sites for hydroxylation is 1. The van der Waals surface area contributed by atoms with E-state index >= 15 is 0 Å². The molecule has 0 amide bonds. The molecule has 0 N–H and O–H groups in total. The summed E-state index contributed by atoms with van der Waals surface area (Å²) in [7, 11) is 0.518. The Labute approximate surface area is 226 Å². The number of nitriles is 1. The number of carbonyl (C=O) groups is 1. The average molecular weight is 543 g/mol. The molecule has 0 aliphatic carbocycles. The number of para-hydroxylation sites is 3. The number of allylic oxidation sites excluding steroid dienone is 1. The zero-order chi connectivity index (χ0) is 27.7. The highest BCUT2D eigenvalue weighted by Gasteiger charge is 2.34. The lowest BCUT2D eigenvalue weighted by Crippen LogP contribution is -2.29. The number of imidazole rings is 1. The number of hydrogen-bond donors (Lipinski definition) is 0. The van der Waals surface area contributed by atoms with Crippen LogP contribution in [0.3, 0.4) is 0 Å². The molecule has 0 fully saturated rings. The lowest BCUT2D eigenvalue weighted by molar-refractivity contribution is -0.115. The molecule has 0 radical (unpaired) electrons. The molecule has 1 aliphatic heterocycles. The Morgan fingerprint density at radius 1 is 1.10 bits per heavy atom. The molecular formula is C29H26N4O5S. The molecule has 1 aliphatic rings. The molecule has 9 nitrogen and oxygen atoms in total. The van der Waals surface area contributed by atoms with Gasteiger partial charge in [0.1, 0.15) is 10.7 Å². The van der Waals surface area contributed by atoms with Crippen LogP contribution in [0.25, 0.3) is 17.1 Å². The van der Waals surface area contributed by atoms with E-state index in [1.807, 2.05) is 42.5 Å². The highest BCUT2D eigenvalue weighted by atomic mass is 32.2. The van der Waals surface area contributed by atoms with Gasteiger partial charge in [-0.1, -0.05) is 36.4 Å². The quantitative estimate of drug-likeness (QED) is 0.306. The van der Waals surface area contributed by atoms with Gasteiger partial charge in [-0.05, 0) is 54.0 Å². The Balaban J connectivity index is 1.52. The third-order valence-corrected chi connectivity index (χ3v) is 8.63. The maximum atomic E-state index is 13.8. The van der Waals surface area contributed by atoms with Crippen molar-refractivity contribution in [3.63, 3.8) is 0 Å². The van der Waals surface area contributed by atoms with Crippen LogP contribution in [0.15, 0.2) is 71.6 Å². The zero-order valence-corrected chi connectivity index (χ0v) is 22.5. The molecule has 2 heterocycles. The minimum Gasteiger partial charge on any atom is -0.493 e. The smallest absolute Gasteiger partial charge is 0.268 e. The summed E-state index contributed by atoms with van der Waals surface area (Å²) in [5.41, 5.74) is 3.45. The highest BCUT2D eigenvalue weighted by Crippen LogP contribution is 2.40. The van der Waals surface area contributed by atoms with Crippen LogP contribution in [-0.2, 0) is 28.3 Å². The second-order valence-electron chi connectivity index (χ2n) is 9.03. The van der Waals surface area contributed by atoms with Gasteiger partial charge in [-0.3, -0.25) is 9.10 Å². The van der Waals surface area contributed by atoms with Gasteiger partial charge >= 0.3 is 0 Å². The lowest BCUT2D eigenvalue weighted by Gasteiger charge is -2.22. The van der Waals surface area contributed by atoms with Crippen molar-refractivity contribution in [3.8, 4) is 17.6 Å². The van der Waals surface area contributed by atoms with Gasteiger partial charge in [-0.2, -0.15) is 5.26 Å². The van der Waals surface area contributed by atoms with Crippen molar-refractivity contribution in [2.75, 3.05) is 25.1 Å². The van der Waals surface area contributed by atoms with Crippen LogP contribution in [0.5, 0.6) is 11.5 Å². The fraction of sp³-hybridized carbons (Fsp3) is 0.207. The summed E-state index contributed by atoms with van der Waals surface area (Å²) in [5.74, 6) is -1.02. The van der Waals surface area contributed by atoms with Crippen molar-refractivity contribution < 1.29 is 22.7 Å². The fourth-order valence-electron chi connectivity index (χ4n) is 4.86. The molecule has 39 heavy (non-hydrogen) atoms. The molecule has 0 bridgehead atoms. The zero-order valence-electron chi connectivity index (χ0n) is 21.7. The Kier molecular flexibility index (Phi) is 6.85. The second kappa shape index (κ2) is 10.3. The molecule has 198 valence electrons. The predicted octanol–water partition coefficient (Wildman–Crippen LogP) is 4.23. The molecule has 4 aromatic rings. The Hall–Kier alpha value is -4.62. The van der Waals surface area contributed by atoms with Gasteiger partial charge < -0.3 is 14.0 Å². The SMILES string of the molecule is COc1cc(C=CC(=O)C(C#N)c2nc3ccccc3n2C)cc(S(=O)(=O)N2CCc3ccccc32)c1OC. The van der Waals surface area contributed by atoms with Gasteiger partial charge in [0.2, 0.25) is 0 Å². The number of anilines is 1. The van der Waals surface area contributed by atoms with Crippen molar-refractivity contribution >= 4 is 38.6 Å². The number of hydrogen-bond acceptors (Lipinski definition) is 7. The Bertz CT molecular complexity index is 1770. The number of rotatable bonds is 8. The molecule has 0 saturated heterocycles. The highest BCUT2D eigenvalue weighted by molar-refractivity contribution is 7.93.